The molecule has 0 aliphatic carbocycles. The van der Waals surface area contributed by atoms with Crippen molar-refractivity contribution in [2.45, 2.75) is 37.1 Å². The van der Waals surface area contributed by atoms with E-state index >= 15 is 0 Å². The third-order valence-corrected chi connectivity index (χ3v) is 7.31. The number of carbonyl (C=O) groups excluding carboxylic acids is 1. The number of sulfonamides is 1. The van der Waals surface area contributed by atoms with Gasteiger partial charge in [0.1, 0.15) is 0 Å². The highest BCUT2D eigenvalue weighted by molar-refractivity contribution is 7.89. The molecule has 2 saturated heterocycles. The first kappa shape index (κ1) is 26.1. The molecule has 2 fully saturated rings. The molecule has 166 valence electrons. The van der Waals surface area contributed by atoms with Crippen molar-refractivity contribution < 1.29 is 13.2 Å². The first-order valence-electron chi connectivity index (χ1n) is 9.69. The minimum atomic E-state index is -3.56. The summed E-state index contributed by atoms with van der Waals surface area (Å²) in [6.45, 7) is 5.54. The molecule has 2 atom stereocenters. The minimum Gasteiger partial charge on any atom is -0.326 e. The molecule has 0 radical (unpaired) electrons. The molecule has 3 rings (SSSR count). The quantitative estimate of drug-likeness (QED) is 0.710. The number of piperidine rings is 1. The molecular formula is C19H32Cl2N4O3S. The molecule has 1 aromatic rings. The highest BCUT2D eigenvalue weighted by atomic mass is 35.5. The average molecular weight is 467 g/mol. The second kappa shape index (κ2) is 11.5. The lowest BCUT2D eigenvalue weighted by Gasteiger charge is -2.27. The van der Waals surface area contributed by atoms with Crippen molar-refractivity contribution in [1.82, 2.24) is 14.5 Å². The van der Waals surface area contributed by atoms with E-state index in [0.29, 0.717) is 24.8 Å². The second-order valence-electron chi connectivity index (χ2n) is 7.65. The van der Waals surface area contributed by atoms with Crippen molar-refractivity contribution in [3.05, 3.63) is 24.3 Å². The summed E-state index contributed by atoms with van der Waals surface area (Å²) in [6.07, 6.45) is 2.42. The first-order chi connectivity index (χ1) is 12.9. The number of carbonyl (C=O) groups is 1. The Bertz CT molecular complexity index is 778. The number of amides is 1. The van der Waals surface area contributed by atoms with Gasteiger partial charge in [0, 0.05) is 37.3 Å². The van der Waals surface area contributed by atoms with Gasteiger partial charge in [-0.25, -0.2) is 8.42 Å². The molecule has 1 amide bonds. The van der Waals surface area contributed by atoms with E-state index in [0.717, 1.165) is 38.9 Å². The lowest BCUT2D eigenvalue weighted by molar-refractivity contribution is -0.120. The molecule has 0 spiro atoms. The maximum atomic E-state index is 13.0. The largest absolute Gasteiger partial charge is 0.326 e. The van der Waals surface area contributed by atoms with Crippen LogP contribution < -0.4 is 10.6 Å². The number of nitrogens with zero attached hydrogens (tertiary/aromatic N) is 2. The molecular weight excluding hydrogens is 435 g/mol. The number of halogens is 2. The molecule has 2 aliphatic heterocycles. The van der Waals surface area contributed by atoms with Gasteiger partial charge in [-0.15, -0.1) is 24.8 Å². The predicted octanol–water partition coefficient (Wildman–Crippen LogP) is 2.18. The highest BCUT2D eigenvalue weighted by Gasteiger charge is 2.27. The zero-order valence-electron chi connectivity index (χ0n) is 17.0. The summed E-state index contributed by atoms with van der Waals surface area (Å²) < 4.78 is 27.6. The van der Waals surface area contributed by atoms with Gasteiger partial charge in [-0.1, -0.05) is 6.07 Å². The molecule has 10 heteroatoms. The third kappa shape index (κ3) is 6.80. The maximum Gasteiger partial charge on any atom is 0.243 e. The summed E-state index contributed by atoms with van der Waals surface area (Å²) in [4.78, 5) is 14.9. The number of nitrogens with one attached hydrogen (secondary N) is 2. The van der Waals surface area contributed by atoms with Crippen molar-refractivity contribution in [3.63, 3.8) is 0 Å². The van der Waals surface area contributed by atoms with Crippen LogP contribution in [0.5, 0.6) is 0 Å². The predicted molar refractivity (Wildman–Crippen MR) is 121 cm³/mol. The molecule has 2 heterocycles. The van der Waals surface area contributed by atoms with Gasteiger partial charge in [0.15, 0.2) is 0 Å². The van der Waals surface area contributed by atoms with E-state index in [9.17, 15) is 13.2 Å². The number of likely N-dealkylation sites (N-methyl/N-ethyl adjacent to an activating group) is 1. The number of hydrogen-bond donors (Lipinski definition) is 2. The zero-order chi connectivity index (χ0) is 19.4. The summed E-state index contributed by atoms with van der Waals surface area (Å²) in [6, 6.07) is 6.94. The zero-order valence-corrected chi connectivity index (χ0v) is 19.4. The van der Waals surface area contributed by atoms with Crippen LogP contribution in [0.4, 0.5) is 5.69 Å². The van der Waals surface area contributed by atoms with Gasteiger partial charge in [-0.05, 0) is 64.5 Å². The fourth-order valence-corrected chi connectivity index (χ4v) is 5.28. The molecule has 0 saturated carbocycles. The molecule has 2 N–H and O–H groups in total. The Morgan fingerprint density at radius 2 is 1.93 bits per heavy atom. The Balaban J connectivity index is 0.00000210. The summed E-state index contributed by atoms with van der Waals surface area (Å²) in [5.74, 6) is -0.0723. The van der Waals surface area contributed by atoms with Gasteiger partial charge in [0.05, 0.1) is 4.90 Å². The summed E-state index contributed by atoms with van der Waals surface area (Å²) in [7, 11) is -1.55. The van der Waals surface area contributed by atoms with Crippen LogP contribution in [-0.2, 0) is 14.8 Å². The normalized spacial score (nSPS) is 23.9. The van der Waals surface area contributed by atoms with Crippen LogP contribution in [0.3, 0.4) is 0 Å². The van der Waals surface area contributed by atoms with Crippen LogP contribution in [0.1, 0.15) is 26.2 Å². The third-order valence-electron chi connectivity index (χ3n) is 5.41. The lowest BCUT2D eigenvalue weighted by Crippen LogP contribution is -2.40. The van der Waals surface area contributed by atoms with Gasteiger partial charge in [0.25, 0.3) is 0 Å². The first-order valence-corrected chi connectivity index (χ1v) is 11.1. The Labute approximate surface area is 186 Å². The standard InChI is InChI=1S/C19H30N4O3S.2ClH/c1-15-13-16(7-8-20-15)19(24)21-17-5-3-6-18(14-17)27(25,26)23-10-4-9-22(2)11-12-23;;/h3,5-6,14-16,20H,4,7-13H2,1-2H3,(H,21,24);2*1H/t15-,16-;;/m0../s1. The van der Waals surface area contributed by atoms with Crippen molar-refractivity contribution in [2.24, 2.45) is 5.92 Å². The molecule has 0 bridgehead atoms. The summed E-state index contributed by atoms with van der Waals surface area (Å²) in [5.41, 5.74) is 0.541. The Kier molecular flexibility index (Phi) is 10.3. The fraction of sp³-hybridized carbons (Fsp3) is 0.632. The second-order valence-corrected chi connectivity index (χ2v) is 9.59. The summed E-state index contributed by atoms with van der Waals surface area (Å²) >= 11 is 0. The number of rotatable bonds is 4. The SMILES string of the molecule is C[C@H]1C[C@@H](C(=O)Nc2cccc(S(=O)(=O)N3CCCN(C)CC3)c2)CCN1.Cl.Cl. The van der Waals surface area contributed by atoms with Crippen molar-refractivity contribution in [1.29, 1.82) is 0 Å². The fourth-order valence-electron chi connectivity index (χ4n) is 3.76. The van der Waals surface area contributed by atoms with Gasteiger partial charge in [-0.3, -0.25) is 4.79 Å². The van der Waals surface area contributed by atoms with Gasteiger partial charge < -0.3 is 15.5 Å². The van der Waals surface area contributed by atoms with Crippen molar-refractivity contribution >= 4 is 46.4 Å². The smallest absolute Gasteiger partial charge is 0.243 e. The molecule has 29 heavy (non-hydrogen) atoms. The highest BCUT2D eigenvalue weighted by Crippen LogP contribution is 2.23. The number of hydrogen-bond acceptors (Lipinski definition) is 5. The maximum absolute atomic E-state index is 13.0. The van der Waals surface area contributed by atoms with E-state index in [1.807, 2.05) is 7.05 Å². The monoisotopic (exact) mass is 466 g/mol. The average Bonchev–Trinajstić information content (AvgIpc) is 2.87. The van der Waals surface area contributed by atoms with E-state index < -0.39 is 10.0 Å². The van der Waals surface area contributed by atoms with Crippen LogP contribution in [0.2, 0.25) is 0 Å². The van der Waals surface area contributed by atoms with E-state index in [-0.39, 0.29) is 41.5 Å². The van der Waals surface area contributed by atoms with Gasteiger partial charge in [-0.2, -0.15) is 4.31 Å². The van der Waals surface area contributed by atoms with E-state index in [1.54, 1.807) is 28.6 Å². The lowest BCUT2D eigenvalue weighted by atomic mass is 9.92. The van der Waals surface area contributed by atoms with Crippen LogP contribution in [0.25, 0.3) is 0 Å². The number of benzene rings is 1. The molecule has 7 nitrogen and oxygen atoms in total. The molecule has 0 unspecified atom stereocenters. The molecule has 0 aromatic heterocycles. The van der Waals surface area contributed by atoms with Crippen LogP contribution in [-0.4, -0.2) is 69.3 Å². The van der Waals surface area contributed by atoms with E-state index in [4.69, 9.17) is 0 Å². The summed E-state index contributed by atoms with van der Waals surface area (Å²) in [5, 5.41) is 6.25. The Hall–Kier alpha value is -0.900. The minimum absolute atomic E-state index is 0. The van der Waals surface area contributed by atoms with Gasteiger partial charge in [0.2, 0.25) is 15.9 Å². The Morgan fingerprint density at radius 1 is 1.17 bits per heavy atom. The van der Waals surface area contributed by atoms with E-state index in [2.05, 4.69) is 22.5 Å². The molecule has 1 aromatic carbocycles. The van der Waals surface area contributed by atoms with E-state index in [1.165, 1.54) is 0 Å². The van der Waals surface area contributed by atoms with Crippen molar-refractivity contribution in [2.75, 3.05) is 45.1 Å². The van der Waals surface area contributed by atoms with Crippen molar-refractivity contribution in [3.8, 4) is 0 Å². The molecule has 2 aliphatic rings. The van der Waals surface area contributed by atoms with Crippen LogP contribution >= 0.6 is 24.8 Å². The van der Waals surface area contributed by atoms with Crippen LogP contribution in [0.15, 0.2) is 29.2 Å². The van der Waals surface area contributed by atoms with Gasteiger partial charge >= 0.3 is 0 Å². The topological polar surface area (TPSA) is 81.8 Å². The number of anilines is 1. The Morgan fingerprint density at radius 3 is 2.66 bits per heavy atom. The van der Waals surface area contributed by atoms with Crippen LogP contribution in [0, 0.1) is 5.92 Å².